The number of rotatable bonds is 4. The minimum absolute atomic E-state index is 0.474. The minimum atomic E-state index is 0.474. The normalized spacial score (nSPS) is 15.6. The third-order valence-electron chi connectivity index (χ3n) is 2.44. The van der Waals surface area contributed by atoms with Crippen molar-refractivity contribution in [2.45, 2.75) is 26.2 Å². The summed E-state index contributed by atoms with van der Waals surface area (Å²) in [6.07, 6.45) is 5.27. The second kappa shape index (κ2) is 4.13. The zero-order valence-electron chi connectivity index (χ0n) is 8.16. The molecule has 0 spiro atoms. The number of aromatic nitrogens is 2. The summed E-state index contributed by atoms with van der Waals surface area (Å²) in [5.74, 6) is 1.50. The van der Waals surface area contributed by atoms with E-state index in [1.807, 2.05) is 6.92 Å². The van der Waals surface area contributed by atoms with Crippen LogP contribution in [0.3, 0.4) is 0 Å². The molecule has 1 fully saturated rings. The van der Waals surface area contributed by atoms with Gasteiger partial charge in [0.2, 0.25) is 5.88 Å². The predicted molar refractivity (Wildman–Crippen MR) is 54.6 cm³/mol. The number of hydrogen-bond donors (Lipinski definition) is 0. The lowest BCUT2D eigenvalue weighted by atomic mass is 10.3. The van der Waals surface area contributed by atoms with Crippen molar-refractivity contribution in [2.75, 3.05) is 6.61 Å². The van der Waals surface area contributed by atoms with Gasteiger partial charge in [-0.15, -0.1) is 0 Å². The van der Waals surface area contributed by atoms with E-state index in [0.717, 1.165) is 24.5 Å². The largest absolute Gasteiger partial charge is 0.477 e. The first-order valence-electron chi connectivity index (χ1n) is 4.87. The van der Waals surface area contributed by atoms with E-state index in [1.165, 1.54) is 19.2 Å². The van der Waals surface area contributed by atoms with Crippen LogP contribution in [-0.2, 0) is 0 Å². The molecule has 1 aromatic rings. The summed E-state index contributed by atoms with van der Waals surface area (Å²) in [6, 6.07) is 0. The first-order valence-corrected chi connectivity index (χ1v) is 5.25. The summed E-state index contributed by atoms with van der Waals surface area (Å²) in [5.41, 5.74) is 0.824. The maximum Gasteiger partial charge on any atom is 0.220 e. The van der Waals surface area contributed by atoms with Gasteiger partial charge >= 0.3 is 0 Å². The molecule has 3 nitrogen and oxygen atoms in total. The Morgan fingerprint density at radius 3 is 3.00 bits per heavy atom. The molecule has 0 bridgehead atoms. The van der Waals surface area contributed by atoms with Crippen LogP contribution < -0.4 is 4.74 Å². The van der Waals surface area contributed by atoms with Gasteiger partial charge in [-0.1, -0.05) is 24.4 Å². The molecule has 0 radical (unpaired) electrons. The van der Waals surface area contributed by atoms with Crippen molar-refractivity contribution in [1.29, 1.82) is 0 Å². The number of hydrogen-bond acceptors (Lipinski definition) is 3. The lowest BCUT2D eigenvalue weighted by molar-refractivity contribution is 0.288. The summed E-state index contributed by atoms with van der Waals surface area (Å²) in [7, 11) is 0. The molecule has 1 aromatic heterocycles. The van der Waals surface area contributed by atoms with E-state index in [4.69, 9.17) is 16.3 Å². The molecule has 0 amide bonds. The Bertz CT molecular complexity index is 326. The Labute approximate surface area is 88.5 Å². The fraction of sp³-hybridized carbons (Fsp3) is 0.600. The van der Waals surface area contributed by atoms with Gasteiger partial charge in [-0.2, -0.15) is 0 Å². The molecular formula is C10H13ClN2O. The molecule has 0 N–H and O–H groups in total. The molecule has 76 valence electrons. The van der Waals surface area contributed by atoms with Gasteiger partial charge in [0.05, 0.1) is 6.61 Å². The molecule has 1 aliphatic carbocycles. The van der Waals surface area contributed by atoms with Crippen molar-refractivity contribution in [3.05, 3.63) is 17.0 Å². The molecule has 2 rings (SSSR count). The second-order valence-corrected chi connectivity index (χ2v) is 4.03. The lowest BCUT2D eigenvalue weighted by Crippen LogP contribution is -2.02. The Hall–Kier alpha value is -0.830. The maximum atomic E-state index is 5.84. The van der Waals surface area contributed by atoms with Gasteiger partial charge in [0, 0.05) is 5.56 Å². The van der Waals surface area contributed by atoms with Gasteiger partial charge in [0.25, 0.3) is 0 Å². The Kier molecular flexibility index (Phi) is 2.87. The van der Waals surface area contributed by atoms with E-state index in [0.29, 0.717) is 11.0 Å². The lowest BCUT2D eigenvalue weighted by Gasteiger charge is -2.07. The van der Waals surface area contributed by atoms with Crippen molar-refractivity contribution in [1.82, 2.24) is 9.97 Å². The molecule has 0 unspecified atom stereocenters. The fourth-order valence-corrected chi connectivity index (χ4v) is 1.41. The summed E-state index contributed by atoms with van der Waals surface area (Å²) in [6.45, 7) is 2.60. The maximum absolute atomic E-state index is 5.84. The van der Waals surface area contributed by atoms with Gasteiger partial charge in [0.1, 0.15) is 11.5 Å². The minimum Gasteiger partial charge on any atom is -0.477 e. The van der Waals surface area contributed by atoms with Crippen molar-refractivity contribution in [3.63, 3.8) is 0 Å². The van der Waals surface area contributed by atoms with Crippen LogP contribution in [0.5, 0.6) is 5.88 Å². The summed E-state index contributed by atoms with van der Waals surface area (Å²) in [4.78, 5) is 7.91. The van der Waals surface area contributed by atoms with Gasteiger partial charge < -0.3 is 4.74 Å². The number of nitrogens with zero attached hydrogens (tertiary/aromatic N) is 2. The molecule has 0 aliphatic heterocycles. The highest BCUT2D eigenvalue weighted by Crippen LogP contribution is 2.32. The molecule has 0 aromatic carbocycles. The third kappa shape index (κ3) is 2.35. The van der Waals surface area contributed by atoms with Crippen LogP contribution in [0.15, 0.2) is 6.33 Å². The van der Waals surface area contributed by atoms with Crippen LogP contribution in [0, 0.1) is 12.8 Å². The van der Waals surface area contributed by atoms with Crippen molar-refractivity contribution in [3.8, 4) is 5.88 Å². The number of ether oxygens (including phenoxy) is 1. The summed E-state index contributed by atoms with van der Waals surface area (Å²) in [5, 5.41) is 0.474. The first kappa shape index (κ1) is 9.71. The second-order valence-electron chi connectivity index (χ2n) is 3.68. The van der Waals surface area contributed by atoms with Crippen LogP contribution in [0.4, 0.5) is 0 Å². The van der Waals surface area contributed by atoms with Gasteiger partial charge in [-0.05, 0) is 19.3 Å². The highest BCUT2D eigenvalue weighted by Gasteiger charge is 2.21. The first-order chi connectivity index (χ1) is 6.77. The Balaban J connectivity index is 1.90. The molecule has 1 saturated carbocycles. The molecule has 14 heavy (non-hydrogen) atoms. The van der Waals surface area contributed by atoms with Crippen LogP contribution in [0.1, 0.15) is 24.8 Å². The average molecular weight is 213 g/mol. The van der Waals surface area contributed by atoms with E-state index >= 15 is 0 Å². The third-order valence-corrected chi connectivity index (χ3v) is 2.82. The summed E-state index contributed by atoms with van der Waals surface area (Å²) < 4.78 is 5.53. The van der Waals surface area contributed by atoms with Crippen LogP contribution >= 0.6 is 11.6 Å². The quantitative estimate of drug-likeness (QED) is 0.720. The van der Waals surface area contributed by atoms with Crippen molar-refractivity contribution in [2.24, 2.45) is 5.92 Å². The monoisotopic (exact) mass is 212 g/mol. The zero-order valence-corrected chi connectivity index (χ0v) is 8.92. The standard InChI is InChI=1S/C10H13ClN2O/c1-7-9(11)12-6-13-10(7)14-5-4-8-2-3-8/h6,8H,2-5H2,1H3. The van der Waals surface area contributed by atoms with E-state index < -0.39 is 0 Å². The van der Waals surface area contributed by atoms with Crippen LogP contribution in [0.2, 0.25) is 5.15 Å². The van der Waals surface area contributed by atoms with E-state index in [-0.39, 0.29) is 0 Å². The SMILES string of the molecule is Cc1c(Cl)ncnc1OCCC1CC1. The zero-order chi connectivity index (χ0) is 9.97. The van der Waals surface area contributed by atoms with Gasteiger partial charge in [-0.25, -0.2) is 9.97 Å². The van der Waals surface area contributed by atoms with Crippen molar-refractivity contribution >= 4 is 11.6 Å². The predicted octanol–water partition coefficient (Wildman–Crippen LogP) is 2.62. The highest BCUT2D eigenvalue weighted by atomic mass is 35.5. The molecule has 1 aliphatic rings. The topological polar surface area (TPSA) is 35.0 Å². The molecule has 0 atom stereocenters. The van der Waals surface area contributed by atoms with E-state index in [2.05, 4.69) is 9.97 Å². The Morgan fingerprint density at radius 2 is 2.29 bits per heavy atom. The highest BCUT2D eigenvalue weighted by molar-refractivity contribution is 6.30. The number of halogens is 1. The molecule has 0 saturated heterocycles. The Morgan fingerprint density at radius 1 is 1.50 bits per heavy atom. The van der Waals surface area contributed by atoms with E-state index in [1.54, 1.807) is 0 Å². The molecule has 4 heteroatoms. The van der Waals surface area contributed by atoms with Crippen LogP contribution in [0.25, 0.3) is 0 Å². The van der Waals surface area contributed by atoms with Crippen molar-refractivity contribution < 1.29 is 4.74 Å². The fourth-order valence-electron chi connectivity index (χ4n) is 1.29. The molecular weight excluding hydrogens is 200 g/mol. The van der Waals surface area contributed by atoms with Gasteiger partial charge in [0.15, 0.2) is 0 Å². The average Bonchev–Trinajstić information content (AvgIpc) is 2.96. The summed E-state index contributed by atoms with van der Waals surface area (Å²) >= 11 is 5.84. The smallest absolute Gasteiger partial charge is 0.220 e. The van der Waals surface area contributed by atoms with E-state index in [9.17, 15) is 0 Å². The van der Waals surface area contributed by atoms with Gasteiger partial charge in [-0.3, -0.25) is 0 Å². The van der Waals surface area contributed by atoms with Crippen LogP contribution in [-0.4, -0.2) is 16.6 Å². The molecule has 1 heterocycles.